The summed E-state index contributed by atoms with van der Waals surface area (Å²) in [7, 11) is 2.11. The quantitative estimate of drug-likeness (QED) is 0.656. The second-order valence-corrected chi connectivity index (χ2v) is 4.86. The lowest BCUT2D eigenvalue weighted by atomic mass is 10.1. The number of nitrogens with zero attached hydrogens (tertiary/aromatic N) is 3. The standard InChI is InChI=1S/C11H22N4O/c1-13-5-6-15(10(7-12)8-13)9-11(16)14-3-2-4-14/h10H,2-9,12H2,1H3. The fourth-order valence-electron chi connectivity index (χ4n) is 2.32. The van der Waals surface area contributed by atoms with E-state index in [-0.39, 0.29) is 5.91 Å². The van der Waals surface area contributed by atoms with Gasteiger partial charge < -0.3 is 15.5 Å². The Balaban J connectivity index is 1.84. The van der Waals surface area contributed by atoms with Crippen LogP contribution in [0.1, 0.15) is 6.42 Å². The van der Waals surface area contributed by atoms with E-state index in [1.165, 1.54) is 0 Å². The summed E-state index contributed by atoms with van der Waals surface area (Å²) in [6, 6.07) is 0.337. The Morgan fingerprint density at radius 3 is 2.62 bits per heavy atom. The molecule has 5 heteroatoms. The molecule has 2 aliphatic rings. The summed E-state index contributed by atoms with van der Waals surface area (Å²) < 4.78 is 0. The lowest BCUT2D eigenvalue weighted by molar-refractivity contribution is -0.137. The molecular weight excluding hydrogens is 204 g/mol. The number of rotatable bonds is 3. The smallest absolute Gasteiger partial charge is 0.236 e. The summed E-state index contributed by atoms with van der Waals surface area (Å²) in [5, 5.41) is 0. The van der Waals surface area contributed by atoms with Crippen LogP contribution in [0.3, 0.4) is 0 Å². The van der Waals surface area contributed by atoms with Gasteiger partial charge in [0.2, 0.25) is 5.91 Å². The molecule has 0 spiro atoms. The van der Waals surface area contributed by atoms with Gasteiger partial charge in [0.1, 0.15) is 0 Å². The molecule has 0 aromatic carbocycles. The van der Waals surface area contributed by atoms with Crippen LogP contribution in [0.5, 0.6) is 0 Å². The molecular formula is C11H22N4O. The van der Waals surface area contributed by atoms with E-state index < -0.39 is 0 Å². The van der Waals surface area contributed by atoms with Gasteiger partial charge in [0.15, 0.2) is 0 Å². The van der Waals surface area contributed by atoms with Gasteiger partial charge in [-0.05, 0) is 13.5 Å². The van der Waals surface area contributed by atoms with Gasteiger partial charge in [-0.15, -0.1) is 0 Å². The molecule has 2 heterocycles. The molecule has 2 N–H and O–H groups in total. The Kier molecular flexibility index (Phi) is 3.78. The minimum absolute atomic E-state index is 0.272. The zero-order valence-corrected chi connectivity index (χ0v) is 10.1. The van der Waals surface area contributed by atoms with Gasteiger partial charge in [-0.1, -0.05) is 0 Å². The predicted molar refractivity (Wildman–Crippen MR) is 63.1 cm³/mol. The van der Waals surface area contributed by atoms with E-state index in [1.54, 1.807) is 0 Å². The van der Waals surface area contributed by atoms with Gasteiger partial charge in [-0.2, -0.15) is 0 Å². The second-order valence-electron chi connectivity index (χ2n) is 4.86. The minimum Gasteiger partial charge on any atom is -0.341 e. The maximum absolute atomic E-state index is 11.9. The number of hydrogen-bond acceptors (Lipinski definition) is 4. The number of likely N-dealkylation sites (tertiary alicyclic amines) is 1. The molecule has 1 amide bonds. The maximum Gasteiger partial charge on any atom is 0.236 e. The van der Waals surface area contributed by atoms with Crippen molar-refractivity contribution in [1.29, 1.82) is 0 Å². The second kappa shape index (κ2) is 5.12. The first-order valence-corrected chi connectivity index (χ1v) is 6.11. The predicted octanol–water partition coefficient (Wildman–Crippen LogP) is -1.21. The number of nitrogens with two attached hydrogens (primary N) is 1. The van der Waals surface area contributed by atoms with E-state index in [4.69, 9.17) is 5.73 Å². The minimum atomic E-state index is 0.272. The van der Waals surface area contributed by atoms with Gasteiger partial charge in [0, 0.05) is 45.3 Å². The van der Waals surface area contributed by atoms with Crippen LogP contribution < -0.4 is 5.73 Å². The molecule has 5 nitrogen and oxygen atoms in total. The number of amides is 1. The highest BCUT2D eigenvalue weighted by Crippen LogP contribution is 2.11. The Morgan fingerprint density at radius 1 is 1.31 bits per heavy atom. The van der Waals surface area contributed by atoms with E-state index in [0.717, 1.165) is 39.1 Å². The van der Waals surface area contributed by atoms with E-state index in [1.807, 2.05) is 4.90 Å². The fraction of sp³-hybridized carbons (Fsp3) is 0.909. The number of carbonyl (C=O) groups is 1. The van der Waals surface area contributed by atoms with Crippen molar-refractivity contribution < 1.29 is 4.79 Å². The highest BCUT2D eigenvalue weighted by molar-refractivity contribution is 5.79. The normalized spacial score (nSPS) is 27.9. The van der Waals surface area contributed by atoms with E-state index in [9.17, 15) is 4.79 Å². The van der Waals surface area contributed by atoms with Crippen LogP contribution in [0.25, 0.3) is 0 Å². The first kappa shape index (κ1) is 11.8. The molecule has 16 heavy (non-hydrogen) atoms. The molecule has 2 aliphatic heterocycles. The average molecular weight is 226 g/mol. The molecule has 0 aromatic heterocycles. The van der Waals surface area contributed by atoms with Crippen molar-refractivity contribution in [3.8, 4) is 0 Å². The van der Waals surface area contributed by atoms with Gasteiger partial charge in [0.25, 0.3) is 0 Å². The van der Waals surface area contributed by atoms with Crippen LogP contribution in [0.2, 0.25) is 0 Å². The first-order valence-electron chi connectivity index (χ1n) is 6.11. The zero-order valence-electron chi connectivity index (χ0n) is 10.1. The van der Waals surface area contributed by atoms with Crippen molar-refractivity contribution in [3.05, 3.63) is 0 Å². The molecule has 1 atom stereocenters. The molecule has 2 saturated heterocycles. The molecule has 0 radical (unpaired) electrons. The monoisotopic (exact) mass is 226 g/mol. The van der Waals surface area contributed by atoms with Gasteiger partial charge in [0.05, 0.1) is 6.54 Å². The molecule has 1 unspecified atom stereocenters. The molecule has 0 saturated carbocycles. The molecule has 92 valence electrons. The van der Waals surface area contributed by atoms with Crippen molar-refractivity contribution in [2.24, 2.45) is 5.73 Å². The molecule has 2 fully saturated rings. The maximum atomic E-state index is 11.9. The number of likely N-dealkylation sites (N-methyl/N-ethyl adjacent to an activating group) is 1. The third-order valence-corrected chi connectivity index (χ3v) is 3.63. The first-order chi connectivity index (χ1) is 7.70. The highest BCUT2D eigenvalue weighted by Gasteiger charge is 2.28. The van der Waals surface area contributed by atoms with Crippen molar-refractivity contribution in [2.75, 3.05) is 52.9 Å². The van der Waals surface area contributed by atoms with Crippen molar-refractivity contribution in [3.63, 3.8) is 0 Å². The summed E-state index contributed by atoms with van der Waals surface area (Å²) in [6.07, 6.45) is 1.16. The SMILES string of the molecule is CN1CCN(CC(=O)N2CCC2)C(CN)C1. The topological polar surface area (TPSA) is 52.8 Å². The van der Waals surface area contributed by atoms with Crippen LogP contribution in [0.4, 0.5) is 0 Å². The van der Waals surface area contributed by atoms with Crippen molar-refractivity contribution >= 4 is 5.91 Å². The van der Waals surface area contributed by atoms with E-state index >= 15 is 0 Å². The lowest BCUT2D eigenvalue weighted by Crippen LogP contribution is -2.58. The zero-order chi connectivity index (χ0) is 11.5. The number of carbonyl (C=O) groups excluding carboxylic acids is 1. The fourth-order valence-corrected chi connectivity index (χ4v) is 2.32. The summed E-state index contributed by atoms with van der Waals surface area (Å²) in [5.74, 6) is 0.272. The van der Waals surface area contributed by atoms with Crippen molar-refractivity contribution in [2.45, 2.75) is 12.5 Å². The average Bonchev–Trinajstić information content (AvgIpc) is 2.18. The Morgan fingerprint density at radius 2 is 2.06 bits per heavy atom. The Hall–Kier alpha value is -0.650. The molecule has 2 rings (SSSR count). The van der Waals surface area contributed by atoms with Crippen LogP contribution in [0.15, 0.2) is 0 Å². The van der Waals surface area contributed by atoms with Crippen molar-refractivity contribution in [1.82, 2.24) is 14.7 Å². The largest absolute Gasteiger partial charge is 0.341 e. The van der Waals surface area contributed by atoms with Crippen LogP contribution in [0, 0.1) is 0 Å². The summed E-state index contributed by atoms with van der Waals surface area (Å²) >= 11 is 0. The van der Waals surface area contributed by atoms with Crippen LogP contribution in [-0.4, -0.2) is 79.5 Å². The summed E-state index contributed by atoms with van der Waals surface area (Å²) in [5.41, 5.74) is 5.76. The molecule has 0 bridgehead atoms. The van der Waals surface area contributed by atoms with Gasteiger partial charge in [-0.3, -0.25) is 9.69 Å². The van der Waals surface area contributed by atoms with E-state index in [2.05, 4.69) is 16.8 Å². The summed E-state index contributed by atoms with van der Waals surface area (Å²) in [6.45, 7) is 6.04. The Labute approximate surface area is 97.2 Å². The third kappa shape index (κ3) is 2.53. The highest BCUT2D eigenvalue weighted by atomic mass is 16.2. The van der Waals surface area contributed by atoms with Gasteiger partial charge in [-0.25, -0.2) is 0 Å². The molecule has 0 aliphatic carbocycles. The molecule has 0 aromatic rings. The van der Waals surface area contributed by atoms with Crippen LogP contribution >= 0.6 is 0 Å². The number of hydrogen-bond donors (Lipinski definition) is 1. The summed E-state index contributed by atoms with van der Waals surface area (Å²) in [4.78, 5) is 18.3. The number of piperazine rings is 1. The lowest BCUT2D eigenvalue weighted by Gasteiger charge is -2.41. The van der Waals surface area contributed by atoms with Gasteiger partial charge >= 0.3 is 0 Å². The Bertz CT molecular complexity index is 254. The van der Waals surface area contributed by atoms with E-state index in [0.29, 0.717) is 19.1 Å². The van der Waals surface area contributed by atoms with Crippen LogP contribution in [-0.2, 0) is 4.79 Å². The third-order valence-electron chi connectivity index (χ3n) is 3.63.